The summed E-state index contributed by atoms with van der Waals surface area (Å²) in [5.74, 6) is 0.760. The van der Waals surface area contributed by atoms with Gasteiger partial charge in [0.1, 0.15) is 23.1 Å². The van der Waals surface area contributed by atoms with E-state index in [-0.39, 0.29) is 17.7 Å². The lowest BCUT2D eigenvalue weighted by molar-refractivity contribution is -0.140. The van der Waals surface area contributed by atoms with Gasteiger partial charge < -0.3 is 14.2 Å². The van der Waals surface area contributed by atoms with Crippen molar-refractivity contribution in [3.63, 3.8) is 0 Å². The van der Waals surface area contributed by atoms with E-state index in [0.29, 0.717) is 34.8 Å². The first-order valence-electron chi connectivity index (χ1n) is 14.0. The predicted octanol–water partition coefficient (Wildman–Crippen LogP) is 5.71. The number of carbonyl (C=O) groups excluding carboxylic acids is 2. The number of rotatable bonds is 9. The van der Waals surface area contributed by atoms with Crippen molar-refractivity contribution < 1.29 is 23.8 Å². The fraction of sp³-hybridized carbons (Fsp3) is 0.200. The van der Waals surface area contributed by atoms with Crippen molar-refractivity contribution in [2.24, 2.45) is 0 Å². The van der Waals surface area contributed by atoms with Gasteiger partial charge >= 0.3 is 0 Å². The molecule has 0 N–H and O–H groups in total. The molecule has 0 spiro atoms. The Morgan fingerprint density at radius 1 is 0.886 bits per heavy atom. The number of carbonyl (C=O) groups is 2. The number of methoxy groups -OCH3 is 3. The van der Waals surface area contributed by atoms with Crippen LogP contribution in [0.3, 0.4) is 0 Å². The highest BCUT2D eigenvalue weighted by Gasteiger charge is 2.35. The van der Waals surface area contributed by atoms with Crippen LogP contribution in [0.15, 0.2) is 89.6 Å². The molecule has 0 atom stereocenters. The number of hydrogen-bond donors (Lipinski definition) is 0. The Hall–Kier alpha value is -5.62. The Morgan fingerprint density at radius 3 is 2.30 bits per heavy atom. The molecule has 5 rings (SSSR count). The van der Waals surface area contributed by atoms with Crippen LogP contribution >= 0.6 is 0 Å². The van der Waals surface area contributed by atoms with Gasteiger partial charge in [0.2, 0.25) is 0 Å². The van der Waals surface area contributed by atoms with Crippen molar-refractivity contribution in [3.8, 4) is 40.3 Å². The van der Waals surface area contributed by atoms with Crippen molar-refractivity contribution in [1.82, 2.24) is 14.7 Å². The lowest BCUT2D eigenvalue weighted by Gasteiger charge is -2.27. The highest BCUT2D eigenvalue weighted by atomic mass is 16.5. The molecule has 44 heavy (non-hydrogen) atoms. The molecule has 222 valence electrons. The molecule has 0 unspecified atom stereocenters. The van der Waals surface area contributed by atoms with E-state index in [9.17, 15) is 14.9 Å². The van der Waals surface area contributed by atoms with Crippen LogP contribution in [0.25, 0.3) is 23.0 Å². The molecule has 4 aromatic rings. The van der Waals surface area contributed by atoms with Crippen LogP contribution in [0.1, 0.15) is 23.6 Å². The first-order valence-corrected chi connectivity index (χ1v) is 14.0. The molecule has 1 aromatic heterocycles. The molecule has 0 fully saturated rings. The minimum Gasteiger partial charge on any atom is -0.497 e. The van der Waals surface area contributed by atoms with Gasteiger partial charge in [-0.25, -0.2) is 4.68 Å². The number of nitriles is 1. The lowest BCUT2D eigenvalue weighted by Crippen LogP contribution is -2.43. The van der Waals surface area contributed by atoms with E-state index in [1.165, 1.54) is 0 Å². The Bertz CT molecular complexity index is 1850. The van der Waals surface area contributed by atoms with E-state index < -0.39 is 11.8 Å². The molecule has 2 heterocycles. The molecule has 2 amide bonds. The number of imide groups is 1. The van der Waals surface area contributed by atoms with Crippen LogP contribution in [-0.4, -0.2) is 54.4 Å². The largest absolute Gasteiger partial charge is 0.497 e. The van der Waals surface area contributed by atoms with Crippen molar-refractivity contribution in [1.29, 1.82) is 5.26 Å². The average Bonchev–Trinajstić information content (AvgIpc) is 3.46. The second-order valence-corrected chi connectivity index (χ2v) is 10.3. The third-order valence-electron chi connectivity index (χ3n) is 7.65. The van der Waals surface area contributed by atoms with Gasteiger partial charge in [-0.2, -0.15) is 10.4 Å². The Labute approximate surface area is 256 Å². The summed E-state index contributed by atoms with van der Waals surface area (Å²) in [5, 5.41) is 14.8. The monoisotopic (exact) mass is 588 g/mol. The van der Waals surface area contributed by atoms with Crippen LogP contribution in [0.4, 0.5) is 0 Å². The van der Waals surface area contributed by atoms with Crippen LogP contribution in [0, 0.1) is 18.3 Å². The molecular weight excluding hydrogens is 556 g/mol. The number of aromatic nitrogens is 2. The van der Waals surface area contributed by atoms with Gasteiger partial charge in [0.25, 0.3) is 11.8 Å². The van der Waals surface area contributed by atoms with E-state index in [1.807, 2.05) is 79.9 Å². The van der Waals surface area contributed by atoms with Gasteiger partial charge in [0, 0.05) is 29.4 Å². The molecule has 9 heteroatoms. The first kappa shape index (κ1) is 29.9. The van der Waals surface area contributed by atoms with Gasteiger partial charge in [-0.05, 0) is 85.5 Å². The van der Waals surface area contributed by atoms with E-state index in [2.05, 4.69) is 0 Å². The molecule has 1 aliphatic heterocycles. The fourth-order valence-corrected chi connectivity index (χ4v) is 5.21. The maximum atomic E-state index is 13.9. The first-order chi connectivity index (χ1) is 21.3. The maximum Gasteiger partial charge on any atom is 0.271 e. The van der Waals surface area contributed by atoms with Crippen LogP contribution in [0.2, 0.25) is 0 Å². The van der Waals surface area contributed by atoms with Gasteiger partial charge in [0.05, 0.1) is 27.0 Å². The summed E-state index contributed by atoms with van der Waals surface area (Å²) in [4.78, 5) is 28.4. The van der Waals surface area contributed by atoms with E-state index in [0.717, 1.165) is 33.0 Å². The Morgan fingerprint density at radius 2 is 1.64 bits per heavy atom. The number of benzene rings is 3. The summed E-state index contributed by atoms with van der Waals surface area (Å²) >= 11 is 0. The summed E-state index contributed by atoms with van der Waals surface area (Å²) in [6.45, 7) is 3.68. The summed E-state index contributed by atoms with van der Waals surface area (Å²) in [5.41, 5.74) is 5.32. The highest BCUT2D eigenvalue weighted by molar-refractivity contribution is 6.19. The van der Waals surface area contributed by atoms with Gasteiger partial charge in [-0.1, -0.05) is 24.3 Å². The molecule has 0 saturated heterocycles. The van der Waals surface area contributed by atoms with Crippen LogP contribution < -0.4 is 14.2 Å². The Balaban J connectivity index is 1.58. The predicted molar refractivity (Wildman–Crippen MR) is 167 cm³/mol. The highest BCUT2D eigenvalue weighted by Crippen LogP contribution is 2.34. The SMILES string of the molecule is COc1ccc(-c2nn(-c3ccccc3)cc2/C=C2/C(=O)N(CCc3ccc(OC)c(OC)c3)C(=O)C(C#N)=C2C)c(C)c1. The van der Waals surface area contributed by atoms with E-state index in [1.54, 1.807) is 45.1 Å². The summed E-state index contributed by atoms with van der Waals surface area (Å²) in [6, 6.07) is 22.8. The number of nitrogens with zero attached hydrogens (tertiary/aromatic N) is 4. The normalized spacial score (nSPS) is 14.2. The molecule has 0 saturated carbocycles. The standard InChI is InChI=1S/C35H32N4O5/c1-22-17-27(42-3)12-13-28(22)33-25(21-39(37-33)26-9-7-6-8-10-26)19-29-23(2)30(20-36)35(41)38(34(29)40)16-15-24-11-14-31(43-4)32(18-24)44-5/h6-14,17-19,21H,15-16H2,1-5H3/b29-19+. The molecule has 0 radical (unpaired) electrons. The van der Waals surface area contributed by atoms with Crippen molar-refractivity contribution in [2.75, 3.05) is 27.9 Å². The smallest absolute Gasteiger partial charge is 0.271 e. The minimum absolute atomic E-state index is 0.0687. The number of ether oxygens (including phenoxy) is 3. The zero-order valence-electron chi connectivity index (χ0n) is 25.2. The molecule has 9 nitrogen and oxygen atoms in total. The fourth-order valence-electron chi connectivity index (χ4n) is 5.21. The zero-order valence-corrected chi connectivity index (χ0v) is 25.2. The van der Waals surface area contributed by atoms with Gasteiger partial charge in [-0.3, -0.25) is 14.5 Å². The molecule has 0 bridgehead atoms. The second-order valence-electron chi connectivity index (χ2n) is 10.3. The minimum atomic E-state index is -0.612. The molecular formula is C35H32N4O5. The van der Waals surface area contributed by atoms with Crippen molar-refractivity contribution in [3.05, 3.63) is 106 Å². The zero-order chi connectivity index (χ0) is 31.4. The second kappa shape index (κ2) is 12.7. The third-order valence-corrected chi connectivity index (χ3v) is 7.65. The number of hydrogen-bond acceptors (Lipinski definition) is 7. The van der Waals surface area contributed by atoms with E-state index >= 15 is 0 Å². The van der Waals surface area contributed by atoms with Crippen LogP contribution in [-0.2, 0) is 16.0 Å². The number of amides is 2. The Kier molecular flexibility index (Phi) is 8.63. The van der Waals surface area contributed by atoms with Gasteiger partial charge in [-0.15, -0.1) is 0 Å². The molecule has 1 aliphatic rings. The maximum absolute atomic E-state index is 13.9. The van der Waals surface area contributed by atoms with Crippen molar-refractivity contribution in [2.45, 2.75) is 20.3 Å². The average molecular weight is 589 g/mol. The quantitative estimate of drug-likeness (QED) is 0.182. The van der Waals surface area contributed by atoms with Crippen molar-refractivity contribution >= 4 is 17.9 Å². The molecule has 3 aromatic carbocycles. The summed E-state index contributed by atoms with van der Waals surface area (Å²) in [6.07, 6.45) is 3.93. The lowest BCUT2D eigenvalue weighted by atomic mass is 9.92. The summed E-state index contributed by atoms with van der Waals surface area (Å²) < 4.78 is 17.9. The topological polar surface area (TPSA) is 107 Å². The van der Waals surface area contributed by atoms with Gasteiger partial charge in [0.15, 0.2) is 11.5 Å². The number of aryl methyl sites for hydroxylation is 1. The molecule has 0 aliphatic carbocycles. The van der Waals surface area contributed by atoms with Crippen LogP contribution in [0.5, 0.6) is 17.2 Å². The third kappa shape index (κ3) is 5.70. The summed E-state index contributed by atoms with van der Waals surface area (Å²) in [7, 11) is 4.72. The van der Waals surface area contributed by atoms with E-state index in [4.69, 9.17) is 19.3 Å². The number of para-hydroxylation sites is 1.